The van der Waals surface area contributed by atoms with E-state index >= 15 is 0 Å². The standard InChI is InChI=1S/C24H27N5O.C23H23N5O2.C20H21N7O.C20H18N6O/c1-3-10-27-11-8-18(9-12-27)19-4-7-23-26-21(13-24(30)29(23)16-19)20-5-6-22-25-17(2)14-28(22)15-20;1-26-21-4-2-17(12-19(21)14-24-26)20-13-23(30)28-15-18(3-5-22(28)25-20)16-6-8-27(9-7-16)10-11-29;1-13-10-25(6-5-21-13)15-3-4-19-23-17(8-20(28)26(19)12-15)18-7-16-9-22-14(2)11-27(16)24-18;1-13-11-26-16(10-22-13)8-18(24-26)17-9-20(27)25-12-15(2-3-19(25)23-17)14-4-6-21-7-5-14/h4-7,13-16,18H,3,8-12H2,1-2H3;2-6,12-15,29H,7-11H2,1H3;3-4,7-9,11-13,21H,5-6,10H2,1-2H3;2-4,8-12,21H,5-7H2,1H3/t;;13-;/m..1./s1. The monoisotopic (exact) mass is 1540 g/mol. The Balaban J connectivity index is 0.000000111. The Hall–Kier alpha value is -12.9. The zero-order valence-corrected chi connectivity index (χ0v) is 65.1. The number of hydrogen-bond donors (Lipinski definition) is 3. The van der Waals surface area contributed by atoms with Gasteiger partial charge in [-0.15, -0.1) is 0 Å². The molecule has 0 unspecified atom stereocenters. The van der Waals surface area contributed by atoms with Gasteiger partial charge in [0.25, 0.3) is 22.2 Å². The van der Waals surface area contributed by atoms with Gasteiger partial charge in [0.2, 0.25) is 0 Å². The molecule has 28 heteroatoms. The average molecular weight is 1540 g/mol. The summed E-state index contributed by atoms with van der Waals surface area (Å²) in [6.45, 7) is 20.8. The number of imidazole rings is 1. The molecule has 4 aliphatic rings. The van der Waals surface area contributed by atoms with Crippen LogP contribution in [0.4, 0.5) is 5.69 Å². The molecule has 1 atom stereocenters. The molecule has 28 nitrogen and oxygen atoms in total. The minimum atomic E-state index is -0.114. The van der Waals surface area contributed by atoms with Crippen LogP contribution in [0.2, 0.25) is 0 Å². The molecule has 0 aliphatic carbocycles. The first-order chi connectivity index (χ1) is 56.0. The number of aliphatic hydroxyl groups excluding tert-OH is 1. The van der Waals surface area contributed by atoms with Crippen molar-refractivity contribution in [1.29, 1.82) is 0 Å². The number of aliphatic hydroxyl groups is 1. The molecular weight excluding hydrogens is 1450 g/mol. The van der Waals surface area contributed by atoms with Gasteiger partial charge < -0.3 is 29.9 Å². The summed E-state index contributed by atoms with van der Waals surface area (Å²) in [4.78, 5) is 90.1. The molecule has 0 spiro atoms. The van der Waals surface area contributed by atoms with Crippen LogP contribution >= 0.6 is 0 Å². The van der Waals surface area contributed by atoms with E-state index in [0.717, 1.165) is 157 Å². The van der Waals surface area contributed by atoms with Crippen LogP contribution in [-0.4, -0.2) is 185 Å². The summed E-state index contributed by atoms with van der Waals surface area (Å²) in [5, 5.41) is 30.2. The van der Waals surface area contributed by atoms with E-state index in [1.165, 1.54) is 35.7 Å². The Kier molecular flexibility index (Phi) is 21.0. The fourth-order valence-electron chi connectivity index (χ4n) is 15.8. The fourth-order valence-corrected chi connectivity index (χ4v) is 15.8. The molecule has 19 heterocycles. The number of piperidine rings is 1. The van der Waals surface area contributed by atoms with Gasteiger partial charge in [0.1, 0.15) is 39.6 Å². The Bertz CT molecular complexity index is 6710. The zero-order valence-electron chi connectivity index (χ0n) is 65.1. The number of anilines is 1. The number of nitrogens with zero attached hydrogens (tertiary/aromatic N) is 21. The van der Waals surface area contributed by atoms with Crippen molar-refractivity contribution in [1.82, 2.24) is 106 Å². The van der Waals surface area contributed by atoms with E-state index in [2.05, 4.69) is 97.6 Å². The second kappa shape index (κ2) is 32.3. The third kappa shape index (κ3) is 16.1. The summed E-state index contributed by atoms with van der Waals surface area (Å²) >= 11 is 0. The Morgan fingerprint density at radius 1 is 0.496 bits per heavy atom. The van der Waals surface area contributed by atoms with Crippen LogP contribution in [0.5, 0.6) is 0 Å². The van der Waals surface area contributed by atoms with E-state index < -0.39 is 0 Å². The molecule has 15 aromatic heterocycles. The van der Waals surface area contributed by atoms with E-state index in [0.29, 0.717) is 75.3 Å². The number of pyridine rings is 5. The predicted octanol–water partition coefficient (Wildman–Crippen LogP) is 9.84. The van der Waals surface area contributed by atoms with Gasteiger partial charge in [-0.3, -0.25) is 56.3 Å². The Morgan fingerprint density at radius 3 is 1.68 bits per heavy atom. The van der Waals surface area contributed by atoms with Gasteiger partial charge in [-0.1, -0.05) is 31.2 Å². The SMILES string of the molecule is CCCN1CCC(c2ccc3nc(-c4ccc5nc(C)cn5c4)cc(=O)n3c2)CC1.Cc1cn2nc(-c3cc(=O)n4cc(C5=CCNCC5)ccc4n3)cc2cn1.Cc1cn2nc(-c3cc(=O)n4cc(N5CCN[C@H](C)C5)ccc4n3)cc2cn1.Cn1ncc2cc(-c3cc(=O)n4cc(C5=CCN(CCO)CC5)ccc4n3)ccc21. The summed E-state index contributed by atoms with van der Waals surface area (Å²) in [6, 6.07) is 36.3. The van der Waals surface area contributed by atoms with Crippen LogP contribution in [0.15, 0.2) is 215 Å². The van der Waals surface area contributed by atoms with Gasteiger partial charge in [0.05, 0.1) is 99.7 Å². The molecule has 2 fully saturated rings. The van der Waals surface area contributed by atoms with Crippen LogP contribution in [0.25, 0.3) is 107 Å². The highest BCUT2D eigenvalue weighted by Crippen LogP contribution is 2.31. The third-order valence-electron chi connectivity index (χ3n) is 21.9. The molecule has 0 radical (unpaired) electrons. The number of rotatable bonds is 12. The lowest BCUT2D eigenvalue weighted by atomic mass is 9.90. The summed E-state index contributed by atoms with van der Waals surface area (Å²) in [5.74, 6) is 0.515. The molecular formula is C87H89N23O5. The van der Waals surface area contributed by atoms with Crippen molar-refractivity contribution in [3.05, 3.63) is 271 Å². The Labute approximate surface area is 660 Å². The highest BCUT2D eigenvalue weighted by Gasteiger charge is 2.23. The number of aromatic nitrogens is 18. The number of aryl methyl sites for hydroxylation is 4. The van der Waals surface area contributed by atoms with Gasteiger partial charge in [-0.2, -0.15) is 15.3 Å². The quantitative estimate of drug-likeness (QED) is 0.102. The van der Waals surface area contributed by atoms with Crippen molar-refractivity contribution >= 4 is 67.0 Å². The van der Waals surface area contributed by atoms with Crippen LogP contribution in [0.3, 0.4) is 0 Å². The number of β-amino-alcohol motifs (C(OH)–C–C–N with tert-alkyl or cyclic N) is 1. The predicted molar refractivity (Wildman–Crippen MR) is 448 cm³/mol. The highest BCUT2D eigenvalue weighted by molar-refractivity contribution is 5.84. The lowest BCUT2D eigenvalue weighted by Gasteiger charge is -2.33. The van der Waals surface area contributed by atoms with Crippen LogP contribution < -0.4 is 37.8 Å². The molecule has 0 bridgehead atoms. The molecule has 3 N–H and O–H groups in total. The molecule has 0 amide bonds. The van der Waals surface area contributed by atoms with E-state index in [-0.39, 0.29) is 28.8 Å². The van der Waals surface area contributed by atoms with E-state index in [1.807, 2.05) is 178 Å². The lowest BCUT2D eigenvalue weighted by molar-refractivity contribution is 0.208. The van der Waals surface area contributed by atoms with Crippen LogP contribution in [0, 0.1) is 20.8 Å². The molecule has 16 aromatic rings. The molecule has 2 saturated heterocycles. The maximum atomic E-state index is 12.9. The minimum Gasteiger partial charge on any atom is -0.395 e. The van der Waals surface area contributed by atoms with Crippen molar-refractivity contribution in [3.63, 3.8) is 0 Å². The highest BCUT2D eigenvalue weighted by atomic mass is 16.3. The van der Waals surface area contributed by atoms with E-state index in [1.54, 1.807) is 57.2 Å². The van der Waals surface area contributed by atoms with Crippen molar-refractivity contribution in [2.45, 2.75) is 78.7 Å². The first kappa shape index (κ1) is 74.9. The molecule has 20 rings (SSSR count). The normalized spacial score (nSPS) is 15.8. The van der Waals surface area contributed by atoms with Gasteiger partial charge in [-0.25, -0.2) is 34.0 Å². The number of benzene rings is 1. The maximum absolute atomic E-state index is 12.9. The summed E-state index contributed by atoms with van der Waals surface area (Å²) in [5.41, 5.74) is 21.0. The van der Waals surface area contributed by atoms with Gasteiger partial charge in [-0.05, 0) is 199 Å². The zero-order chi connectivity index (χ0) is 79.0. The number of hydrogen-bond acceptors (Lipinski definition) is 20. The molecule has 1 aromatic carbocycles. The second-order valence-electron chi connectivity index (χ2n) is 30.1. The van der Waals surface area contributed by atoms with Crippen molar-refractivity contribution in [2.24, 2.45) is 7.05 Å². The average Bonchev–Trinajstić information content (AvgIpc) is 1.77. The molecule has 115 heavy (non-hydrogen) atoms. The molecule has 0 saturated carbocycles. The van der Waals surface area contributed by atoms with Crippen LogP contribution in [-0.2, 0) is 7.05 Å². The largest absolute Gasteiger partial charge is 0.395 e. The number of fused-ring (bicyclic) bond motifs is 8. The summed E-state index contributed by atoms with van der Waals surface area (Å²) in [7, 11) is 1.91. The van der Waals surface area contributed by atoms with Crippen molar-refractivity contribution in [2.75, 3.05) is 83.5 Å². The summed E-state index contributed by atoms with van der Waals surface area (Å²) in [6.07, 6.45) is 30.4. The molecule has 4 aliphatic heterocycles. The number of likely N-dealkylation sites (tertiary alicyclic amines) is 1. The third-order valence-corrected chi connectivity index (χ3v) is 21.9. The topological polar surface area (TPSA) is 287 Å². The fraction of sp³-hybridized carbons (Fsp3) is 0.287. The number of piperazine rings is 1. The summed E-state index contributed by atoms with van der Waals surface area (Å²) < 4.78 is 13.8. The lowest BCUT2D eigenvalue weighted by Crippen LogP contribution is -2.49. The first-order valence-corrected chi connectivity index (χ1v) is 39.3. The van der Waals surface area contributed by atoms with Gasteiger partial charge >= 0.3 is 0 Å². The van der Waals surface area contributed by atoms with E-state index in [4.69, 9.17) is 15.1 Å². The number of nitrogens with one attached hydrogen (secondary N) is 2. The van der Waals surface area contributed by atoms with Crippen molar-refractivity contribution in [3.8, 4) is 45.3 Å². The Morgan fingerprint density at radius 2 is 1.07 bits per heavy atom. The van der Waals surface area contributed by atoms with Crippen molar-refractivity contribution < 1.29 is 5.11 Å². The second-order valence-corrected chi connectivity index (χ2v) is 30.1. The van der Waals surface area contributed by atoms with Gasteiger partial charge in [0, 0.05) is 137 Å². The van der Waals surface area contributed by atoms with Gasteiger partial charge in [0.15, 0.2) is 0 Å². The van der Waals surface area contributed by atoms with Crippen LogP contribution in [0.1, 0.15) is 85.6 Å². The molecule has 582 valence electrons. The van der Waals surface area contributed by atoms with E-state index in [9.17, 15) is 19.2 Å². The first-order valence-electron chi connectivity index (χ1n) is 39.3. The smallest absolute Gasteiger partial charge is 0.258 e. The minimum absolute atomic E-state index is 0.0397. The maximum Gasteiger partial charge on any atom is 0.258 e.